The zero-order chi connectivity index (χ0) is 12.5. The second kappa shape index (κ2) is 4.70. The zero-order valence-electron chi connectivity index (χ0n) is 9.84. The number of urea groups is 1. The molecule has 6 nitrogen and oxygen atoms in total. The summed E-state index contributed by atoms with van der Waals surface area (Å²) in [7, 11) is 0. The van der Waals surface area contributed by atoms with Crippen LogP contribution >= 0.6 is 11.6 Å². The number of hydrogen-bond acceptors (Lipinski definition) is 4. The molecule has 2 saturated heterocycles. The van der Waals surface area contributed by atoms with Crippen LogP contribution in [0.25, 0.3) is 0 Å². The van der Waals surface area contributed by atoms with E-state index in [4.69, 9.17) is 11.6 Å². The quantitative estimate of drug-likeness (QED) is 0.839. The van der Waals surface area contributed by atoms with Crippen molar-refractivity contribution in [2.45, 2.75) is 12.6 Å². The minimum absolute atomic E-state index is 0.0611. The first-order valence-electron chi connectivity index (χ1n) is 5.95. The van der Waals surface area contributed by atoms with Crippen molar-refractivity contribution in [3.8, 4) is 0 Å². The fourth-order valence-electron chi connectivity index (χ4n) is 2.46. The number of hydrogen-bond donors (Lipinski definition) is 1. The van der Waals surface area contributed by atoms with E-state index in [1.807, 2.05) is 4.90 Å². The standard InChI is InChI=1S/C11H14ClN5O/c12-10-5-13-8(3-14-10)6-16-1-2-17-9(7-16)4-15-11(17)18/h3,5,9H,1-2,4,6-7H2,(H,15,18). The maximum absolute atomic E-state index is 11.5. The van der Waals surface area contributed by atoms with E-state index >= 15 is 0 Å². The van der Waals surface area contributed by atoms with Gasteiger partial charge in [0.2, 0.25) is 0 Å². The smallest absolute Gasteiger partial charge is 0.317 e. The van der Waals surface area contributed by atoms with Crippen LogP contribution in [0.1, 0.15) is 5.69 Å². The number of aromatic nitrogens is 2. The highest BCUT2D eigenvalue weighted by Crippen LogP contribution is 2.15. The number of carbonyl (C=O) groups is 1. The normalized spacial score (nSPS) is 23.9. The molecule has 1 aromatic heterocycles. The summed E-state index contributed by atoms with van der Waals surface area (Å²) in [4.78, 5) is 23.9. The van der Waals surface area contributed by atoms with E-state index in [0.717, 1.165) is 38.4 Å². The fourth-order valence-corrected chi connectivity index (χ4v) is 2.56. The van der Waals surface area contributed by atoms with E-state index in [-0.39, 0.29) is 12.1 Å². The lowest BCUT2D eigenvalue weighted by Crippen LogP contribution is -2.51. The van der Waals surface area contributed by atoms with E-state index in [9.17, 15) is 4.79 Å². The van der Waals surface area contributed by atoms with Crippen LogP contribution in [0.4, 0.5) is 4.79 Å². The van der Waals surface area contributed by atoms with Gasteiger partial charge < -0.3 is 10.2 Å². The first-order valence-corrected chi connectivity index (χ1v) is 6.33. The summed E-state index contributed by atoms with van der Waals surface area (Å²) in [5, 5.41) is 3.28. The van der Waals surface area contributed by atoms with Crippen LogP contribution in [0.3, 0.4) is 0 Å². The lowest BCUT2D eigenvalue weighted by atomic mass is 10.2. The third kappa shape index (κ3) is 2.26. The van der Waals surface area contributed by atoms with Crippen molar-refractivity contribution in [2.75, 3.05) is 26.2 Å². The zero-order valence-corrected chi connectivity index (χ0v) is 10.6. The van der Waals surface area contributed by atoms with Gasteiger partial charge >= 0.3 is 6.03 Å². The van der Waals surface area contributed by atoms with Crippen LogP contribution < -0.4 is 5.32 Å². The van der Waals surface area contributed by atoms with E-state index in [0.29, 0.717) is 5.15 Å². The highest BCUT2D eigenvalue weighted by atomic mass is 35.5. The van der Waals surface area contributed by atoms with Gasteiger partial charge in [-0.15, -0.1) is 0 Å². The molecule has 0 aliphatic carbocycles. The molecule has 18 heavy (non-hydrogen) atoms. The third-order valence-electron chi connectivity index (χ3n) is 3.38. The number of rotatable bonds is 2. The molecule has 0 bridgehead atoms. The van der Waals surface area contributed by atoms with Gasteiger partial charge in [0.05, 0.1) is 24.1 Å². The van der Waals surface area contributed by atoms with Crippen LogP contribution in [0, 0.1) is 0 Å². The molecule has 3 rings (SSSR count). The number of nitrogens with zero attached hydrogens (tertiary/aromatic N) is 4. The predicted molar refractivity (Wildman–Crippen MR) is 66.2 cm³/mol. The van der Waals surface area contributed by atoms with Gasteiger partial charge in [-0.2, -0.15) is 0 Å². The van der Waals surface area contributed by atoms with Crippen molar-refractivity contribution in [3.05, 3.63) is 23.2 Å². The summed E-state index contributed by atoms with van der Waals surface area (Å²) in [5.41, 5.74) is 0.908. The van der Waals surface area contributed by atoms with Crippen LogP contribution in [0.15, 0.2) is 12.4 Å². The van der Waals surface area contributed by atoms with E-state index < -0.39 is 0 Å². The molecule has 3 heterocycles. The lowest BCUT2D eigenvalue weighted by Gasteiger charge is -2.36. The monoisotopic (exact) mass is 267 g/mol. The van der Waals surface area contributed by atoms with Crippen LogP contribution in [-0.4, -0.2) is 58.0 Å². The Kier molecular flexibility index (Phi) is 3.05. The van der Waals surface area contributed by atoms with E-state index in [1.54, 1.807) is 12.4 Å². The summed E-state index contributed by atoms with van der Waals surface area (Å²) in [5.74, 6) is 0. The van der Waals surface area contributed by atoms with Crippen LogP contribution in [-0.2, 0) is 6.54 Å². The molecular formula is C11H14ClN5O. The first kappa shape index (κ1) is 11.7. The number of amides is 2. The Morgan fingerprint density at radius 2 is 2.28 bits per heavy atom. The largest absolute Gasteiger partial charge is 0.336 e. The molecule has 0 saturated carbocycles. The van der Waals surface area contributed by atoms with Crippen LogP contribution in [0.5, 0.6) is 0 Å². The molecule has 2 aliphatic rings. The summed E-state index contributed by atoms with van der Waals surface area (Å²) >= 11 is 5.70. The average Bonchev–Trinajstić information content (AvgIpc) is 2.74. The number of fused-ring (bicyclic) bond motifs is 1. The van der Waals surface area contributed by atoms with E-state index in [2.05, 4.69) is 20.2 Å². The highest BCUT2D eigenvalue weighted by molar-refractivity contribution is 6.29. The molecule has 7 heteroatoms. The molecule has 0 aromatic carbocycles. The minimum atomic E-state index is 0.0611. The second-order valence-electron chi connectivity index (χ2n) is 4.60. The van der Waals surface area contributed by atoms with Gasteiger partial charge in [-0.05, 0) is 0 Å². The Balaban J connectivity index is 1.62. The number of nitrogens with one attached hydrogen (secondary N) is 1. The molecule has 0 spiro atoms. The molecular weight excluding hydrogens is 254 g/mol. The van der Waals surface area contributed by atoms with Gasteiger partial charge in [0.25, 0.3) is 0 Å². The van der Waals surface area contributed by atoms with Gasteiger partial charge in [-0.1, -0.05) is 11.6 Å². The minimum Gasteiger partial charge on any atom is -0.336 e. The molecule has 0 radical (unpaired) electrons. The maximum Gasteiger partial charge on any atom is 0.317 e. The van der Waals surface area contributed by atoms with Crippen molar-refractivity contribution in [3.63, 3.8) is 0 Å². The molecule has 1 N–H and O–H groups in total. The Hall–Kier alpha value is -1.40. The fraction of sp³-hybridized carbons (Fsp3) is 0.545. The first-order chi connectivity index (χ1) is 8.72. The van der Waals surface area contributed by atoms with Gasteiger partial charge in [0.15, 0.2) is 0 Å². The molecule has 2 fully saturated rings. The Morgan fingerprint density at radius 3 is 3.06 bits per heavy atom. The van der Waals surface area contributed by atoms with Gasteiger partial charge in [-0.25, -0.2) is 9.78 Å². The maximum atomic E-state index is 11.5. The second-order valence-corrected chi connectivity index (χ2v) is 4.99. The van der Waals surface area contributed by atoms with Crippen LogP contribution in [0.2, 0.25) is 5.15 Å². The molecule has 96 valence electrons. The highest BCUT2D eigenvalue weighted by Gasteiger charge is 2.35. The van der Waals surface area contributed by atoms with Gasteiger partial charge in [-0.3, -0.25) is 9.88 Å². The van der Waals surface area contributed by atoms with Crippen molar-refractivity contribution in [1.82, 2.24) is 25.1 Å². The lowest BCUT2D eigenvalue weighted by molar-refractivity contribution is 0.115. The number of carbonyl (C=O) groups excluding carboxylic acids is 1. The SMILES string of the molecule is O=C1NCC2CN(Cc3cnc(Cl)cn3)CCN12. The summed E-state index contributed by atoms with van der Waals surface area (Å²) in [6.45, 7) is 4.01. The molecule has 1 aromatic rings. The molecule has 1 unspecified atom stereocenters. The summed E-state index contributed by atoms with van der Waals surface area (Å²) in [6.07, 6.45) is 3.26. The van der Waals surface area contributed by atoms with Crippen molar-refractivity contribution in [2.24, 2.45) is 0 Å². The Morgan fingerprint density at radius 1 is 1.39 bits per heavy atom. The van der Waals surface area contributed by atoms with E-state index in [1.165, 1.54) is 0 Å². The van der Waals surface area contributed by atoms with Gasteiger partial charge in [0, 0.05) is 32.7 Å². The summed E-state index contributed by atoms with van der Waals surface area (Å²) < 4.78 is 0. The average molecular weight is 268 g/mol. The Labute approximate surface area is 110 Å². The molecule has 2 aliphatic heterocycles. The summed E-state index contributed by atoms with van der Waals surface area (Å²) in [6, 6.07) is 0.345. The number of piperazine rings is 1. The van der Waals surface area contributed by atoms with Crippen molar-refractivity contribution in [1.29, 1.82) is 0 Å². The van der Waals surface area contributed by atoms with Gasteiger partial charge in [0.1, 0.15) is 5.15 Å². The molecule has 1 atom stereocenters. The number of halogens is 1. The Bertz CT molecular complexity index is 451. The van der Waals surface area contributed by atoms with Crippen molar-refractivity contribution < 1.29 is 4.79 Å². The molecule has 2 amide bonds. The predicted octanol–water partition coefficient (Wildman–Crippen LogP) is 0.339. The topological polar surface area (TPSA) is 61.4 Å². The third-order valence-corrected chi connectivity index (χ3v) is 3.57. The van der Waals surface area contributed by atoms with Crippen molar-refractivity contribution >= 4 is 17.6 Å².